The summed E-state index contributed by atoms with van der Waals surface area (Å²) in [6.07, 6.45) is 0. The number of rotatable bonds is 7. The summed E-state index contributed by atoms with van der Waals surface area (Å²) in [5.41, 5.74) is 0.491. The van der Waals surface area contributed by atoms with Gasteiger partial charge in [-0.05, 0) is 29.8 Å². The van der Waals surface area contributed by atoms with Gasteiger partial charge in [0.25, 0.3) is 0 Å². The predicted molar refractivity (Wildman–Crippen MR) is 84.8 cm³/mol. The Morgan fingerprint density at radius 3 is 2.56 bits per heavy atom. The van der Waals surface area contributed by atoms with Crippen molar-refractivity contribution >= 4 is 10.0 Å². The lowest BCUT2D eigenvalue weighted by molar-refractivity contribution is -0.0512. The number of hydrogen-bond acceptors (Lipinski definition) is 5. The van der Waals surface area contributed by atoms with Gasteiger partial charge in [-0.3, -0.25) is 0 Å². The lowest BCUT2D eigenvalue weighted by Gasteiger charge is -2.12. The minimum Gasteiger partial charge on any atom is -0.493 e. The number of sulfonamides is 1. The normalized spacial score (nSPS) is 11.2. The molecule has 0 aliphatic rings. The molecule has 132 valence electrons. The van der Waals surface area contributed by atoms with Crippen LogP contribution in [0.25, 0.3) is 0 Å². The Morgan fingerprint density at radius 1 is 1.20 bits per heavy atom. The lowest BCUT2D eigenvalue weighted by atomic mass is 10.2. The van der Waals surface area contributed by atoms with E-state index in [0.717, 1.165) is 0 Å². The molecule has 2 rings (SSSR count). The fourth-order valence-corrected chi connectivity index (χ4v) is 3.24. The Labute approximate surface area is 143 Å². The highest BCUT2D eigenvalue weighted by Crippen LogP contribution is 2.29. The van der Waals surface area contributed by atoms with E-state index in [-0.39, 0.29) is 28.5 Å². The fourth-order valence-electron chi connectivity index (χ4n) is 2.06. The van der Waals surface area contributed by atoms with Crippen LogP contribution in [-0.2, 0) is 16.6 Å². The zero-order chi connectivity index (χ0) is 18.4. The summed E-state index contributed by atoms with van der Waals surface area (Å²) >= 11 is 0. The minimum absolute atomic E-state index is 0.0215. The van der Waals surface area contributed by atoms with Crippen LogP contribution in [0.1, 0.15) is 11.1 Å². The summed E-state index contributed by atoms with van der Waals surface area (Å²) in [7, 11) is -2.63. The third-order valence-electron chi connectivity index (χ3n) is 3.21. The van der Waals surface area contributed by atoms with E-state index in [1.165, 1.54) is 43.5 Å². The van der Waals surface area contributed by atoms with Gasteiger partial charge >= 0.3 is 6.61 Å². The van der Waals surface area contributed by atoms with Crippen LogP contribution in [0.3, 0.4) is 0 Å². The van der Waals surface area contributed by atoms with Crippen LogP contribution in [0.15, 0.2) is 47.4 Å². The predicted octanol–water partition coefficient (Wildman–Crippen LogP) is 2.65. The molecular formula is C16H14F2N2O4S. The second-order valence-corrected chi connectivity index (χ2v) is 6.53. The topological polar surface area (TPSA) is 88.4 Å². The van der Waals surface area contributed by atoms with Crippen LogP contribution < -0.4 is 14.2 Å². The standard InChI is InChI=1S/C16H14F2N2O4S/c1-23-14-8-11(6-7-13(14)24-16(17)18)10-20-25(21,22)15-5-3-2-4-12(15)9-19/h2-8,16,20H,10H2,1H3. The van der Waals surface area contributed by atoms with E-state index in [4.69, 9.17) is 10.00 Å². The largest absolute Gasteiger partial charge is 0.493 e. The van der Waals surface area contributed by atoms with E-state index in [9.17, 15) is 17.2 Å². The summed E-state index contributed by atoms with van der Waals surface area (Å²) in [6, 6.07) is 11.7. The summed E-state index contributed by atoms with van der Waals surface area (Å²) in [5.74, 6) is -0.103. The molecule has 0 aliphatic carbocycles. The zero-order valence-corrected chi connectivity index (χ0v) is 13.9. The van der Waals surface area contributed by atoms with E-state index in [1.807, 2.05) is 6.07 Å². The fraction of sp³-hybridized carbons (Fsp3) is 0.188. The van der Waals surface area contributed by atoms with Crippen molar-refractivity contribution in [1.29, 1.82) is 5.26 Å². The highest BCUT2D eigenvalue weighted by molar-refractivity contribution is 7.89. The molecule has 0 bridgehead atoms. The number of benzene rings is 2. The smallest absolute Gasteiger partial charge is 0.387 e. The third kappa shape index (κ3) is 4.65. The van der Waals surface area contributed by atoms with E-state index in [0.29, 0.717) is 5.56 Å². The first-order valence-electron chi connectivity index (χ1n) is 6.98. The molecule has 9 heteroatoms. The van der Waals surface area contributed by atoms with Crippen molar-refractivity contribution in [3.05, 3.63) is 53.6 Å². The summed E-state index contributed by atoms with van der Waals surface area (Å²) in [5, 5.41) is 9.00. The lowest BCUT2D eigenvalue weighted by Crippen LogP contribution is -2.24. The maximum absolute atomic E-state index is 12.3. The van der Waals surface area contributed by atoms with Crippen LogP contribution >= 0.6 is 0 Å². The van der Waals surface area contributed by atoms with E-state index >= 15 is 0 Å². The average Bonchev–Trinajstić information content (AvgIpc) is 2.60. The van der Waals surface area contributed by atoms with E-state index < -0.39 is 16.6 Å². The number of nitrogens with one attached hydrogen (secondary N) is 1. The van der Waals surface area contributed by atoms with Crippen molar-refractivity contribution in [2.75, 3.05) is 7.11 Å². The second kappa shape index (κ2) is 7.92. The molecule has 6 nitrogen and oxygen atoms in total. The summed E-state index contributed by atoms with van der Waals surface area (Å²) < 4.78 is 60.9. The number of alkyl halides is 2. The van der Waals surface area contributed by atoms with Crippen molar-refractivity contribution in [3.8, 4) is 17.6 Å². The molecule has 2 aromatic rings. The van der Waals surface area contributed by atoms with Gasteiger partial charge in [-0.25, -0.2) is 13.1 Å². The van der Waals surface area contributed by atoms with Gasteiger partial charge in [-0.15, -0.1) is 0 Å². The molecule has 0 atom stereocenters. The Kier molecular flexibility index (Phi) is 5.90. The summed E-state index contributed by atoms with van der Waals surface area (Å²) in [6.45, 7) is -3.12. The molecule has 0 radical (unpaired) electrons. The molecule has 0 heterocycles. The van der Waals surface area contributed by atoms with Crippen molar-refractivity contribution in [3.63, 3.8) is 0 Å². The van der Waals surface area contributed by atoms with Crippen LogP contribution in [0.5, 0.6) is 11.5 Å². The van der Waals surface area contributed by atoms with E-state index in [2.05, 4.69) is 9.46 Å². The molecule has 25 heavy (non-hydrogen) atoms. The Morgan fingerprint density at radius 2 is 1.92 bits per heavy atom. The highest BCUT2D eigenvalue weighted by Gasteiger charge is 2.18. The number of halogens is 2. The molecule has 0 aromatic heterocycles. The first-order chi connectivity index (χ1) is 11.9. The SMILES string of the molecule is COc1cc(CNS(=O)(=O)c2ccccc2C#N)ccc1OC(F)F. The Bertz CT molecular complexity index is 895. The molecule has 0 spiro atoms. The number of methoxy groups -OCH3 is 1. The third-order valence-corrected chi connectivity index (χ3v) is 4.67. The van der Waals surface area contributed by atoms with Crippen molar-refractivity contribution < 1.29 is 26.7 Å². The van der Waals surface area contributed by atoms with Crippen LogP contribution in [0.4, 0.5) is 8.78 Å². The van der Waals surface area contributed by atoms with Gasteiger partial charge in [0.15, 0.2) is 11.5 Å². The van der Waals surface area contributed by atoms with Gasteiger partial charge in [-0.2, -0.15) is 14.0 Å². The summed E-state index contributed by atoms with van der Waals surface area (Å²) in [4.78, 5) is -0.137. The maximum atomic E-state index is 12.3. The Hall–Kier alpha value is -2.70. The van der Waals surface area contributed by atoms with Gasteiger partial charge in [0.1, 0.15) is 6.07 Å². The maximum Gasteiger partial charge on any atom is 0.387 e. The molecule has 0 saturated heterocycles. The second-order valence-electron chi connectivity index (χ2n) is 4.80. The zero-order valence-electron chi connectivity index (χ0n) is 13.1. The number of nitrogens with zero attached hydrogens (tertiary/aromatic N) is 1. The van der Waals surface area contributed by atoms with Crippen LogP contribution in [0.2, 0.25) is 0 Å². The van der Waals surface area contributed by atoms with Crippen LogP contribution in [0, 0.1) is 11.3 Å². The first-order valence-corrected chi connectivity index (χ1v) is 8.46. The highest BCUT2D eigenvalue weighted by atomic mass is 32.2. The quantitative estimate of drug-likeness (QED) is 0.812. The average molecular weight is 368 g/mol. The van der Waals surface area contributed by atoms with Crippen molar-refractivity contribution in [1.82, 2.24) is 4.72 Å². The van der Waals surface area contributed by atoms with Crippen LogP contribution in [-0.4, -0.2) is 22.1 Å². The van der Waals surface area contributed by atoms with Gasteiger partial charge in [0.05, 0.1) is 17.6 Å². The molecule has 0 aliphatic heterocycles. The molecule has 0 saturated carbocycles. The molecule has 0 unspecified atom stereocenters. The molecule has 0 fully saturated rings. The molecular weight excluding hydrogens is 354 g/mol. The van der Waals surface area contributed by atoms with E-state index in [1.54, 1.807) is 6.07 Å². The Balaban J connectivity index is 2.19. The number of ether oxygens (including phenoxy) is 2. The molecule has 2 aromatic carbocycles. The van der Waals surface area contributed by atoms with Gasteiger partial charge in [0, 0.05) is 6.54 Å². The van der Waals surface area contributed by atoms with Gasteiger partial charge < -0.3 is 9.47 Å². The molecule has 0 amide bonds. The van der Waals surface area contributed by atoms with Gasteiger partial charge in [-0.1, -0.05) is 18.2 Å². The van der Waals surface area contributed by atoms with Crippen molar-refractivity contribution in [2.24, 2.45) is 0 Å². The minimum atomic E-state index is -3.91. The molecule has 1 N–H and O–H groups in total. The number of nitriles is 1. The first kappa shape index (κ1) is 18.6. The number of hydrogen-bond donors (Lipinski definition) is 1. The monoisotopic (exact) mass is 368 g/mol. The van der Waals surface area contributed by atoms with Crippen molar-refractivity contribution in [2.45, 2.75) is 18.1 Å². The van der Waals surface area contributed by atoms with Gasteiger partial charge in [0.2, 0.25) is 10.0 Å².